The maximum absolute atomic E-state index is 12.5. The molecule has 0 radical (unpaired) electrons. The van der Waals surface area contributed by atoms with Crippen molar-refractivity contribution in [2.45, 2.75) is 38.3 Å². The topological polar surface area (TPSA) is 84.3 Å². The lowest BCUT2D eigenvalue weighted by Gasteiger charge is -2.27. The van der Waals surface area contributed by atoms with E-state index >= 15 is 0 Å². The highest BCUT2D eigenvalue weighted by Gasteiger charge is 2.24. The van der Waals surface area contributed by atoms with Crippen LogP contribution in [0, 0.1) is 5.92 Å². The Morgan fingerprint density at radius 2 is 2.00 bits per heavy atom. The second kappa shape index (κ2) is 8.66. The molecule has 0 aliphatic heterocycles. The highest BCUT2D eigenvalue weighted by Crippen LogP contribution is 2.28. The van der Waals surface area contributed by atoms with Gasteiger partial charge in [-0.15, -0.1) is 0 Å². The lowest BCUT2D eigenvalue weighted by atomic mass is 9.88. The molecule has 1 aliphatic carbocycles. The summed E-state index contributed by atoms with van der Waals surface area (Å²) < 4.78 is 5.57. The first-order valence-corrected chi connectivity index (χ1v) is 9.22. The number of benzene rings is 1. The average molecular weight is 396 g/mol. The van der Waals surface area contributed by atoms with E-state index < -0.39 is 12.1 Å². The summed E-state index contributed by atoms with van der Waals surface area (Å²) in [4.78, 5) is 20.4. The summed E-state index contributed by atoms with van der Waals surface area (Å²) in [6, 6.07) is 4.66. The van der Waals surface area contributed by atoms with Crippen LogP contribution in [-0.2, 0) is 0 Å². The molecular formula is C18H19Cl2N3O3. The number of nitrogens with zero attached hydrogens (tertiary/aromatic N) is 2. The van der Waals surface area contributed by atoms with Crippen molar-refractivity contribution in [1.29, 1.82) is 0 Å². The normalized spacial score (nSPS) is 16.1. The molecule has 2 N–H and O–H groups in total. The number of carbonyl (C=O) groups excluding carboxylic acids is 1. The Kier molecular flexibility index (Phi) is 6.29. The number of aliphatic hydroxyl groups is 1. The van der Waals surface area contributed by atoms with Crippen molar-refractivity contribution in [3.8, 4) is 11.6 Å². The number of nitrogens with one attached hydrogen (secondary N) is 1. The van der Waals surface area contributed by atoms with E-state index in [1.54, 1.807) is 12.1 Å². The van der Waals surface area contributed by atoms with Crippen molar-refractivity contribution in [2.75, 3.05) is 0 Å². The highest BCUT2D eigenvalue weighted by molar-refractivity contribution is 6.33. The van der Waals surface area contributed by atoms with Crippen molar-refractivity contribution in [3.05, 3.63) is 46.3 Å². The zero-order valence-electron chi connectivity index (χ0n) is 14.0. The molecule has 1 heterocycles. The molecule has 1 saturated carbocycles. The van der Waals surface area contributed by atoms with Crippen LogP contribution in [0.15, 0.2) is 30.6 Å². The summed E-state index contributed by atoms with van der Waals surface area (Å²) in [6.45, 7) is 0. The van der Waals surface area contributed by atoms with Crippen LogP contribution in [0.4, 0.5) is 0 Å². The van der Waals surface area contributed by atoms with Crippen LogP contribution in [0.25, 0.3) is 0 Å². The molecule has 3 rings (SSSR count). The summed E-state index contributed by atoms with van der Waals surface area (Å²) in [5.74, 6) is 0.194. The van der Waals surface area contributed by atoms with Crippen molar-refractivity contribution in [3.63, 3.8) is 0 Å². The molecule has 0 saturated heterocycles. The maximum atomic E-state index is 12.5. The van der Waals surface area contributed by atoms with Crippen LogP contribution in [0.3, 0.4) is 0 Å². The Bertz CT molecular complexity index is 782. The second-order valence-corrected chi connectivity index (χ2v) is 7.03. The zero-order chi connectivity index (χ0) is 18.5. The van der Waals surface area contributed by atoms with E-state index in [-0.39, 0.29) is 27.5 Å². The standard InChI is InChI=1S/C18H19Cl2N3O3/c19-14-7-6-12(26-16-10-21-9-15(20)22-16)8-13(14)18(25)23-17(24)11-4-2-1-3-5-11/h6-11,17,24H,1-5H2,(H,23,25). The minimum Gasteiger partial charge on any atom is -0.437 e. The third-order valence-corrected chi connectivity index (χ3v) is 4.87. The third-order valence-electron chi connectivity index (χ3n) is 4.36. The largest absolute Gasteiger partial charge is 0.437 e. The van der Waals surface area contributed by atoms with Crippen molar-refractivity contribution >= 4 is 29.1 Å². The molecule has 6 nitrogen and oxygen atoms in total. The Hall–Kier alpha value is -1.89. The summed E-state index contributed by atoms with van der Waals surface area (Å²) in [5.41, 5.74) is 0.217. The fourth-order valence-corrected chi connectivity index (χ4v) is 3.36. The summed E-state index contributed by atoms with van der Waals surface area (Å²) in [5, 5.41) is 13.4. The molecule has 0 bridgehead atoms. The van der Waals surface area contributed by atoms with E-state index in [4.69, 9.17) is 27.9 Å². The third kappa shape index (κ3) is 4.84. The number of hydrogen-bond donors (Lipinski definition) is 2. The number of amides is 1. The van der Waals surface area contributed by atoms with E-state index in [0.29, 0.717) is 5.75 Å². The number of halogens is 2. The lowest BCUT2D eigenvalue weighted by Crippen LogP contribution is -2.41. The Morgan fingerprint density at radius 3 is 2.73 bits per heavy atom. The van der Waals surface area contributed by atoms with Crippen LogP contribution in [0.2, 0.25) is 10.2 Å². The smallest absolute Gasteiger partial charge is 0.254 e. The Labute approximate surface area is 161 Å². The fourth-order valence-electron chi connectivity index (χ4n) is 3.02. The van der Waals surface area contributed by atoms with Crippen LogP contribution < -0.4 is 10.1 Å². The van der Waals surface area contributed by atoms with Gasteiger partial charge in [-0.2, -0.15) is 4.98 Å². The van der Waals surface area contributed by atoms with Gasteiger partial charge in [0.2, 0.25) is 5.88 Å². The quantitative estimate of drug-likeness (QED) is 0.740. The van der Waals surface area contributed by atoms with Crippen molar-refractivity contribution < 1.29 is 14.6 Å². The molecule has 138 valence electrons. The number of aliphatic hydroxyl groups excluding tert-OH is 1. The molecule has 1 unspecified atom stereocenters. The van der Waals surface area contributed by atoms with Gasteiger partial charge in [-0.3, -0.25) is 9.78 Å². The first-order valence-electron chi connectivity index (χ1n) is 8.47. The SMILES string of the molecule is O=C(NC(O)C1CCCCC1)c1cc(Oc2cncc(Cl)n2)ccc1Cl. The van der Waals surface area contributed by atoms with Crippen molar-refractivity contribution in [2.24, 2.45) is 5.92 Å². The van der Waals surface area contributed by atoms with Crippen LogP contribution in [-0.4, -0.2) is 27.2 Å². The number of carbonyl (C=O) groups is 1. The zero-order valence-corrected chi connectivity index (χ0v) is 15.5. The average Bonchev–Trinajstić information content (AvgIpc) is 2.64. The number of hydrogen-bond acceptors (Lipinski definition) is 5. The van der Waals surface area contributed by atoms with Gasteiger partial charge in [0.05, 0.1) is 23.0 Å². The fraction of sp³-hybridized carbons (Fsp3) is 0.389. The molecule has 1 atom stereocenters. The summed E-state index contributed by atoms with van der Waals surface area (Å²) in [6.07, 6.45) is 7.05. The Balaban J connectivity index is 1.71. The molecule has 1 fully saturated rings. The van der Waals surface area contributed by atoms with E-state index in [2.05, 4.69) is 15.3 Å². The van der Waals surface area contributed by atoms with Crippen LogP contribution >= 0.6 is 23.2 Å². The summed E-state index contributed by atoms with van der Waals surface area (Å²) >= 11 is 11.9. The predicted molar refractivity (Wildman–Crippen MR) is 98.6 cm³/mol. The monoisotopic (exact) mass is 395 g/mol. The minimum absolute atomic E-state index is 0.0765. The van der Waals surface area contributed by atoms with E-state index in [0.717, 1.165) is 25.7 Å². The molecule has 1 aromatic carbocycles. The summed E-state index contributed by atoms with van der Waals surface area (Å²) in [7, 11) is 0. The van der Waals surface area contributed by atoms with Gasteiger partial charge in [0.1, 0.15) is 12.0 Å². The first-order chi connectivity index (χ1) is 12.5. The van der Waals surface area contributed by atoms with Crippen molar-refractivity contribution in [1.82, 2.24) is 15.3 Å². The van der Waals surface area contributed by atoms with Gasteiger partial charge in [-0.1, -0.05) is 42.5 Å². The molecule has 1 aromatic heterocycles. The van der Waals surface area contributed by atoms with Crippen LogP contribution in [0.1, 0.15) is 42.5 Å². The predicted octanol–water partition coefficient (Wildman–Crippen LogP) is 4.20. The Morgan fingerprint density at radius 1 is 1.23 bits per heavy atom. The minimum atomic E-state index is -0.887. The van der Waals surface area contributed by atoms with Gasteiger partial charge in [0.15, 0.2) is 5.15 Å². The van der Waals surface area contributed by atoms with Gasteiger partial charge < -0.3 is 15.2 Å². The maximum Gasteiger partial charge on any atom is 0.254 e. The molecular weight excluding hydrogens is 377 g/mol. The van der Waals surface area contributed by atoms with Gasteiger partial charge in [-0.25, -0.2) is 0 Å². The molecule has 1 amide bonds. The van der Waals surface area contributed by atoms with E-state index in [9.17, 15) is 9.90 Å². The number of ether oxygens (including phenoxy) is 1. The lowest BCUT2D eigenvalue weighted by molar-refractivity contribution is 0.0463. The first kappa shape index (κ1) is 18.9. The molecule has 26 heavy (non-hydrogen) atoms. The van der Waals surface area contributed by atoms with Crippen LogP contribution in [0.5, 0.6) is 11.6 Å². The molecule has 0 spiro atoms. The molecule has 2 aromatic rings. The van der Waals surface area contributed by atoms with Gasteiger partial charge >= 0.3 is 0 Å². The van der Waals surface area contributed by atoms with Gasteiger partial charge in [-0.05, 0) is 31.0 Å². The van der Waals surface area contributed by atoms with Gasteiger partial charge in [0.25, 0.3) is 5.91 Å². The van der Waals surface area contributed by atoms with Gasteiger partial charge in [0, 0.05) is 5.92 Å². The molecule has 8 heteroatoms. The number of rotatable bonds is 5. The highest BCUT2D eigenvalue weighted by atomic mass is 35.5. The number of aromatic nitrogens is 2. The molecule has 1 aliphatic rings. The second-order valence-electron chi connectivity index (χ2n) is 6.24. The van der Waals surface area contributed by atoms with E-state index in [1.165, 1.54) is 24.9 Å². The van der Waals surface area contributed by atoms with E-state index in [1.807, 2.05) is 0 Å².